The van der Waals surface area contributed by atoms with Crippen molar-refractivity contribution in [1.82, 2.24) is 38.5 Å². The maximum Gasteiger partial charge on any atom is 0.356 e. The first-order chi connectivity index (χ1) is 64.3. The number of hydrogen-bond acceptors (Lipinski definition) is 19. The molecular weight excluding hydrogens is 1910 g/mol. The van der Waals surface area contributed by atoms with E-state index in [1.807, 2.05) is 269 Å². The predicted octanol–water partition coefficient (Wildman–Crippen LogP) is 19.6. The second-order valence-corrected chi connectivity index (χ2v) is 57.4. The van der Waals surface area contributed by atoms with Gasteiger partial charge in [-0.3, -0.25) is 37.9 Å². The standard InChI is InChI=1S/C49H55N4O5PSSi.C46H55N2O7PSi.C12H10IN3S/c1-10-29-57-48(56)46(59(37-22-14-11-15-23-37,38-24-16-12-17-25-38)39-26-18-13-19-27-39)53-43(41(45(53)55)35(4)58-61(8,9)49(5,6)7)34(3)44(54)40-31-52-32-51-42(47(52)60-40)33(2)36-21-20-28-50-30-36;1-11-31-53-45(52)42(56(36-21-15-12-16-22-36,37-23-17-13-18-24-37)38-25-19-14-20-26-38)48-40(39(41(48)49)33(3)55-57(9,10)46(4,5)6)32(2)43(50)54-44(51)34-27-29-35(30-28-34)47(7)8;1-8(9-3-2-4-14-5-9)11-12-16(7-15-11)6-10(13)17-12/h10-28,30-35,41,43H,1,29H2,2-9H3;11-30,32-33,39-40H,1,31H2,2-10H3;2-8H,1H3/t33?,34-,35-,41-,43-;32-,33-,39-,40-;/m11./s1. The van der Waals surface area contributed by atoms with Gasteiger partial charge in [0.1, 0.15) is 46.4 Å². The number of carbonyl (C=O) groups is 7. The third-order valence-corrected chi connectivity index (χ3v) is 47.1. The SMILES string of the molecule is C=CCOC(=O)C(N1C(=O)[C@H]([C@@H](C)O[Si](C)(C)C(C)(C)C)[C@H]1[C@@H](C)C(=O)OC(=O)c1ccc(N(C)C)cc1)=P(c1ccccc1)(c1ccccc1)c1ccccc1.C=CCOC(=O)C(N1C(=O)[C@H]([C@@H](C)O[Si](C)(C)C(C)(C)C)[C@H]1[C@@H](C)C(=O)c1cn2cnc(C(C)c3cccnc3)c2s1)=P(c1ccccc1)(c1ccccc1)c1ccccc1.CC(c1cccnc1)c1ncn2cc(I)sc12. The van der Waals surface area contributed by atoms with Crippen LogP contribution in [0.1, 0.15) is 137 Å². The average Bonchev–Trinajstić information content (AvgIpc) is 1.14. The number of amides is 2. The van der Waals surface area contributed by atoms with Crippen LogP contribution >= 0.6 is 59.0 Å². The van der Waals surface area contributed by atoms with Crippen LogP contribution in [0.25, 0.3) is 9.66 Å². The Kier molecular flexibility index (Phi) is 32.3. The van der Waals surface area contributed by atoms with Crippen LogP contribution in [-0.4, -0.2) is 159 Å². The highest BCUT2D eigenvalue weighted by molar-refractivity contribution is 14.1. The summed E-state index contributed by atoms with van der Waals surface area (Å²) >= 11 is 5.51. The van der Waals surface area contributed by atoms with E-state index < -0.39 is 102 Å². The number of aromatic nitrogens is 6. The molecule has 10 atom stereocenters. The Morgan fingerprint density at radius 1 is 0.489 bits per heavy atom. The third kappa shape index (κ3) is 20.9. The molecule has 0 aliphatic carbocycles. The highest BCUT2D eigenvalue weighted by Gasteiger charge is 2.62. The van der Waals surface area contributed by atoms with E-state index in [0.717, 1.165) is 59.3 Å². The first kappa shape index (κ1) is 101. The van der Waals surface area contributed by atoms with E-state index in [9.17, 15) is 14.4 Å². The van der Waals surface area contributed by atoms with E-state index in [-0.39, 0.29) is 69.1 Å². The molecule has 2 aliphatic rings. The lowest BCUT2D eigenvalue weighted by molar-refractivity contribution is -0.165. The van der Waals surface area contributed by atoms with E-state index in [1.165, 1.54) is 41.7 Å². The zero-order valence-corrected chi connectivity index (χ0v) is 87.4. The highest BCUT2D eigenvalue weighted by Crippen LogP contribution is 2.55. The lowest BCUT2D eigenvalue weighted by Crippen LogP contribution is -2.71. The summed E-state index contributed by atoms with van der Waals surface area (Å²) in [5.41, 5.74) is 5.63. The van der Waals surface area contributed by atoms with Crippen LogP contribution in [0.2, 0.25) is 36.3 Å². The molecule has 0 radical (unpaired) electrons. The van der Waals surface area contributed by atoms with Gasteiger partial charge in [-0.2, -0.15) is 0 Å². The number of ketones is 1. The van der Waals surface area contributed by atoms with Crippen LogP contribution < -0.4 is 36.7 Å². The normalized spacial score (nSPS) is 16.6. The topological polar surface area (TPSA) is 236 Å². The number of pyridine rings is 2. The summed E-state index contributed by atoms with van der Waals surface area (Å²) in [6.45, 7) is 33.9. The molecule has 2 unspecified atom stereocenters. The molecule has 0 saturated carbocycles. The predicted molar refractivity (Wildman–Crippen MR) is 563 cm³/mol. The summed E-state index contributed by atoms with van der Waals surface area (Å²) < 4.78 is 36.7. The van der Waals surface area contributed by atoms with Crippen molar-refractivity contribution in [3.05, 3.63) is 342 Å². The molecule has 2 saturated heterocycles. The minimum Gasteiger partial charge on any atom is -0.457 e. The van der Waals surface area contributed by atoms with E-state index in [2.05, 4.69) is 149 Å². The second kappa shape index (κ2) is 43.0. The van der Waals surface area contributed by atoms with Gasteiger partial charge >= 0.3 is 23.9 Å². The molecule has 0 spiro atoms. The zero-order chi connectivity index (χ0) is 97.2. The van der Waals surface area contributed by atoms with Crippen molar-refractivity contribution in [3.8, 4) is 0 Å². The number of ether oxygens (including phenoxy) is 3. The Hall–Kier alpha value is -11.2. The van der Waals surface area contributed by atoms with E-state index in [0.29, 0.717) is 4.88 Å². The summed E-state index contributed by atoms with van der Waals surface area (Å²) in [6, 6.07) is 71.7. The van der Waals surface area contributed by atoms with Gasteiger partial charge < -0.3 is 37.8 Å². The fraction of sp³-hybridized carbons (Fsp3) is 0.299. The number of β-lactam (4-membered cyclic amide) rings is 2. The molecule has 0 bridgehead atoms. The first-order valence-electron chi connectivity index (χ1n) is 45.3. The number of likely N-dealkylation sites (tertiary alicyclic amines) is 2. The van der Waals surface area contributed by atoms with Gasteiger partial charge in [-0.15, -0.1) is 22.7 Å². The van der Waals surface area contributed by atoms with Crippen molar-refractivity contribution >= 4 is 175 Å². The molecule has 21 nitrogen and oxygen atoms in total. The van der Waals surface area contributed by atoms with Crippen LogP contribution in [0, 0.1) is 26.6 Å². The summed E-state index contributed by atoms with van der Waals surface area (Å²) in [5.74, 6) is -6.97. The van der Waals surface area contributed by atoms with Gasteiger partial charge in [0.25, 0.3) is 0 Å². The van der Waals surface area contributed by atoms with Crippen LogP contribution in [0.15, 0.2) is 306 Å². The number of hydrogen-bond donors (Lipinski definition) is 0. The van der Waals surface area contributed by atoms with Crippen molar-refractivity contribution in [2.45, 2.75) is 155 Å². The Morgan fingerprint density at radius 3 is 1.17 bits per heavy atom. The number of rotatable bonds is 31. The molecular formula is C107H120IN9O12P2S2Si2. The van der Waals surface area contributed by atoms with Crippen molar-refractivity contribution in [2.24, 2.45) is 23.7 Å². The van der Waals surface area contributed by atoms with E-state index in [1.54, 1.807) is 66.1 Å². The first-order valence-corrected chi connectivity index (χ1v) is 57.4. The van der Waals surface area contributed by atoms with Crippen molar-refractivity contribution < 1.29 is 56.6 Å². The van der Waals surface area contributed by atoms with Gasteiger partial charge in [0.15, 0.2) is 22.4 Å². The van der Waals surface area contributed by atoms with E-state index >= 15 is 19.2 Å². The number of fused-ring (bicyclic) bond motifs is 2. The summed E-state index contributed by atoms with van der Waals surface area (Å²) in [4.78, 5) is 129. The zero-order valence-electron chi connectivity index (χ0n) is 79.8. The minimum absolute atomic E-state index is 0.0556. The Labute approximate surface area is 816 Å². The number of esters is 4. The molecule has 6 aromatic heterocycles. The van der Waals surface area contributed by atoms with Crippen molar-refractivity contribution in [2.75, 3.05) is 32.2 Å². The molecule has 28 heteroatoms. The summed E-state index contributed by atoms with van der Waals surface area (Å²) in [6.07, 6.45) is 16.7. The minimum atomic E-state index is -3.28. The molecule has 15 rings (SSSR count). The molecule has 2 aliphatic heterocycles. The average molecular weight is 2030 g/mol. The largest absolute Gasteiger partial charge is 0.457 e. The third-order valence-electron chi connectivity index (χ3n) is 26.4. The molecule has 702 valence electrons. The van der Waals surface area contributed by atoms with Gasteiger partial charge in [-0.05, 0) is 159 Å². The maximum atomic E-state index is 15.4. The molecule has 0 N–H and O–H groups in total. The van der Waals surface area contributed by atoms with Gasteiger partial charge in [0, 0.05) is 88.5 Å². The number of anilines is 1. The van der Waals surface area contributed by atoms with Gasteiger partial charge in [0.05, 0.1) is 66.8 Å². The molecule has 2 amide bonds. The number of halogens is 1. The summed E-state index contributed by atoms with van der Waals surface area (Å²) in [5, 5.41) is 4.71. The number of benzene rings is 7. The molecule has 2 fully saturated rings. The fourth-order valence-corrected chi connectivity index (χ4v) is 31.9. The Bertz CT molecular complexity index is 6310. The number of carbonyl (C=O) groups excluding carboxylic acids is 7. The number of Topliss-reactive ketones (excluding diaryl/α,β-unsaturated/α-hetero) is 1. The van der Waals surface area contributed by atoms with Gasteiger partial charge in [-0.1, -0.05) is 282 Å². The Morgan fingerprint density at radius 2 is 0.837 bits per heavy atom. The smallest absolute Gasteiger partial charge is 0.356 e. The molecule has 13 aromatic rings. The number of nitrogens with zero attached hydrogens (tertiary/aromatic N) is 9. The lowest BCUT2D eigenvalue weighted by Gasteiger charge is -2.54. The van der Waals surface area contributed by atoms with Crippen LogP contribution in [0.5, 0.6) is 0 Å². The van der Waals surface area contributed by atoms with Crippen LogP contribution in [0.3, 0.4) is 0 Å². The molecule has 8 heterocycles. The van der Waals surface area contributed by atoms with Crippen molar-refractivity contribution in [1.29, 1.82) is 0 Å². The van der Waals surface area contributed by atoms with Crippen LogP contribution in [-0.2, 0) is 47.0 Å². The number of thiazole rings is 2. The highest BCUT2D eigenvalue weighted by atomic mass is 127. The fourth-order valence-electron chi connectivity index (χ4n) is 17.3. The molecule has 7 aromatic carbocycles. The van der Waals surface area contributed by atoms with Gasteiger partial charge in [0.2, 0.25) is 11.8 Å². The Balaban J connectivity index is 0.000000194. The maximum absolute atomic E-state index is 15.4. The van der Waals surface area contributed by atoms with E-state index in [4.69, 9.17) is 28.0 Å². The second-order valence-electron chi connectivity index (χ2n) is 37.3. The lowest BCUT2D eigenvalue weighted by atomic mass is 9.75. The monoisotopic (exact) mass is 2030 g/mol. The van der Waals surface area contributed by atoms with Gasteiger partial charge in [-0.25, -0.2) is 24.4 Å². The van der Waals surface area contributed by atoms with Crippen molar-refractivity contribution in [3.63, 3.8) is 0 Å². The van der Waals surface area contributed by atoms with Crippen LogP contribution in [0.4, 0.5) is 5.69 Å². The molecule has 135 heavy (non-hydrogen) atoms. The number of imidazole rings is 2. The quantitative estimate of drug-likeness (QED) is 0.00452. The summed E-state index contributed by atoms with van der Waals surface area (Å²) in [7, 11) is -1.08.